The Bertz CT molecular complexity index is 743. The van der Waals surface area contributed by atoms with Crippen LogP contribution in [-0.2, 0) is 9.59 Å². The van der Waals surface area contributed by atoms with E-state index in [4.69, 9.17) is 10.2 Å². The van der Waals surface area contributed by atoms with Gasteiger partial charge in [0.25, 0.3) is 0 Å². The number of hydrogen-bond acceptors (Lipinski definition) is 4. The topological polar surface area (TPSA) is 115 Å². The van der Waals surface area contributed by atoms with Crippen molar-refractivity contribution in [2.75, 3.05) is 0 Å². The summed E-state index contributed by atoms with van der Waals surface area (Å²) in [6.45, 7) is 4.54. The van der Waals surface area contributed by atoms with Gasteiger partial charge in [-0.3, -0.25) is 9.59 Å². The van der Waals surface area contributed by atoms with E-state index in [1.165, 1.54) is 193 Å². The average molecular weight is 765 g/mol. The van der Waals surface area contributed by atoms with E-state index in [2.05, 4.69) is 38.2 Å². The molecule has 0 spiro atoms. The van der Waals surface area contributed by atoms with Gasteiger partial charge in [-0.1, -0.05) is 205 Å². The van der Waals surface area contributed by atoms with Crippen LogP contribution in [-0.4, -0.2) is 44.6 Å². The van der Waals surface area contributed by atoms with Crippen LogP contribution in [0.3, 0.4) is 0 Å². The summed E-state index contributed by atoms with van der Waals surface area (Å²) in [6, 6.07) is 0. The van der Waals surface area contributed by atoms with Gasteiger partial charge < -0.3 is 20.4 Å². The van der Waals surface area contributed by atoms with Crippen LogP contribution >= 0.6 is 0 Å². The van der Waals surface area contributed by atoms with Crippen LogP contribution in [0.25, 0.3) is 0 Å². The summed E-state index contributed by atoms with van der Waals surface area (Å²) in [5.74, 6) is -1.81. The highest BCUT2D eigenvalue weighted by molar-refractivity contribution is 5.67. The molecule has 4 N–H and O–H groups in total. The lowest BCUT2D eigenvalue weighted by atomic mass is 10.0. The molecular weight excluding hydrogens is 673 g/mol. The minimum atomic E-state index is -0.907. The summed E-state index contributed by atoms with van der Waals surface area (Å²) in [5, 5.41) is 36.1. The van der Waals surface area contributed by atoms with Gasteiger partial charge in [0.1, 0.15) is 0 Å². The molecule has 0 aromatic heterocycles. The van der Waals surface area contributed by atoms with Crippen LogP contribution in [0.2, 0.25) is 0 Å². The maximum Gasteiger partial charge on any atom is 0.305 e. The van der Waals surface area contributed by atoms with Crippen molar-refractivity contribution in [2.45, 2.75) is 270 Å². The van der Waals surface area contributed by atoms with E-state index in [1.807, 2.05) is 0 Å². The molecule has 0 aliphatic rings. The van der Waals surface area contributed by atoms with E-state index in [1.54, 1.807) is 0 Å². The fourth-order valence-electron chi connectivity index (χ4n) is 6.92. The number of rotatable bonds is 42. The maximum absolute atomic E-state index is 10.4. The molecule has 0 rings (SSSR count). The van der Waals surface area contributed by atoms with Gasteiger partial charge in [-0.2, -0.15) is 0 Å². The highest BCUT2D eigenvalue weighted by Gasteiger charge is 2.09. The highest BCUT2D eigenvalue weighted by atomic mass is 16.4. The van der Waals surface area contributed by atoms with Gasteiger partial charge in [0.15, 0.2) is 0 Å². The molecule has 0 bridgehead atoms. The molecule has 0 saturated carbocycles. The zero-order chi connectivity index (χ0) is 40.0. The smallest absolute Gasteiger partial charge is 0.305 e. The van der Waals surface area contributed by atoms with Crippen LogP contribution in [0.1, 0.15) is 258 Å². The third kappa shape index (κ3) is 52.4. The van der Waals surface area contributed by atoms with Gasteiger partial charge in [0.2, 0.25) is 0 Å². The Kier molecular flexibility index (Phi) is 47.9. The monoisotopic (exact) mass is 765 g/mol. The van der Waals surface area contributed by atoms with E-state index < -0.39 is 24.1 Å². The van der Waals surface area contributed by atoms with E-state index in [0.717, 1.165) is 25.7 Å². The van der Waals surface area contributed by atoms with Crippen molar-refractivity contribution in [1.82, 2.24) is 0 Å². The largest absolute Gasteiger partial charge is 0.481 e. The van der Waals surface area contributed by atoms with E-state index in [-0.39, 0.29) is 12.8 Å². The van der Waals surface area contributed by atoms with Gasteiger partial charge in [-0.15, -0.1) is 0 Å². The minimum absolute atomic E-state index is 0.117. The molecule has 0 aromatic rings. The predicted molar refractivity (Wildman–Crippen MR) is 232 cm³/mol. The van der Waals surface area contributed by atoms with Gasteiger partial charge in [-0.05, 0) is 64.2 Å². The molecule has 0 aliphatic carbocycles. The SMILES string of the molecule is CCCCCCCC/C=C\CCCCCCCCCCCC(O)CC(=O)O.CCCCCCCC/C=C\CCCCCCCCCCCC(O)CC(=O)O. The molecule has 0 aliphatic heterocycles. The second-order valence-corrected chi connectivity index (χ2v) is 16.1. The molecule has 2 atom stereocenters. The first kappa shape index (κ1) is 54.4. The van der Waals surface area contributed by atoms with Crippen molar-refractivity contribution in [3.63, 3.8) is 0 Å². The molecule has 6 nitrogen and oxygen atoms in total. The molecule has 54 heavy (non-hydrogen) atoms. The molecule has 0 amide bonds. The number of unbranched alkanes of at least 4 members (excludes halogenated alkanes) is 30. The molecule has 320 valence electrons. The first-order chi connectivity index (χ1) is 26.3. The third-order valence-corrected chi connectivity index (χ3v) is 10.4. The zero-order valence-corrected chi connectivity index (χ0v) is 35.9. The number of carboxylic acid groups (broad SMARTS) is 2. The third-order valence-electron chi connectivity index (χ3n) is 10.4. The number of aliphatic hydroxyl groups excluding tert-OH is 2. The van der Waals surface area contributed by atoms with Crippen molar-refractivity contribution in [1.29, 1.82) is 0 Å². The Morgan fingerprint density at radius 3 is 0.778 bits per heavy atom. The van der Waals surface area contributed by atoms with E-state index in [9.17, 15) is 19.8 Å². The van der Waals surface area contributed by atoms with Gasteiger partial charge >= 0.3 is 11.9 Å². The molecule has 0 heterocycles. The minimum Gasteiger partial charge on any atom is -0.481 e. The van der Waals surface area contributed by atoms with Crippen molar-refractivity contribution < 1.29 is 30.0 Å². The van der Waals surface area contributed by atoms with Gasteiger partial charge in [0.05, 0.1) is 25.0 Å². The lowest BCUT2D eigenvalue weighted by Crippen LogP contribution is -2.12. The normalized spacial score (nSPS) is 12.7. The van der Waals surface area contributed by atoms with Crippen LogP contribution in [0.4, 0.5) is 0 Å². The van der Waals surface area contributed by atoms with Crippen molar-refractivity contribution in [3.8, 4) is 0 Å². The summed E-state index contributed by atoms with van der Waals surface area (Å²) < 4.78 is 0. The van der Waals surface area contributed by atoms with E-state index in [0.29, 0.717) is 12.8 Å². The molecule has 0 saturated heterocycles. The van der Waals surface area contributed by atoms with Gasteiger partial charge in [-0.25, -0.2) is 0 Å². The predicted octanol–water partition coefficient (Wildman–Crippen LogP) is 14.8. The molecule has 0 radical (unpaired) electrons. The number of carboxylic acids is 2. The summed E-state index contributed by atoms with van der Waals surface area (Å²) in [5.41, 5.74) is 0. The summed E-state index contributed by atoms with van der Waals surface area (Å²) in [4.78, 5) is 20.9. The first-order valence-electron chi connectivity index (χ1n) is 23.4. The van der Waals surface area contributed by atoms with Crippen molar-refractivity contribution in [2.24, 2.45) is 0 Å². The second kappa shape index (κ2) is 47.5. The number of carbonyl (C=O) groups is 2. The number of aliphatic hydroxyl groups is 2. The fourth-order valence-corrected chi connectivity index (χ4v) is 6.92. The second-order valence-electron chi connectivity index (χ2n) is 16.1. The lowest BCUT2D eigenvalue weighted by Gasteiger charge is -2.07. The van der Waals surface area contributed by atoms with E-state index >= 15 is 0 Å². The van der Waals surface area contributed by atoms with Crippen LogP contribution < -0.4 is 0 Å². The molecule has 0 aromatic carbocycles. The lowest BCUT2D eigenvalue weighted by molar-refractivity contribution is -0.140. The summed E-state index contributed by atoms with van der Waals surface area (Å²) >= 11 is 0. The van der Waals surface area contributed by atoms with Crippen molar-refractivity contribution in [3.05, 3.63) is 24.3 Å². The first-order valence-corrected chi connectivity index (χ1v) is 23.4. The number of allylic oxidation sites excluding steroid dienone is 4. The molecular formula is C48H92O6. The number of hydrogen-bond donors (Lipinski definition) is 4. The van der Waals surface area contributed by atoms with Crippen LogP contribution in [0, 0.1) is 0 Å². The number of aliphatic carboxylic acids is 2. The molecule has 2 unspecified atom stereocenters. The Morgan fingerprint density at radius 1 is 0.352 bits per heavy atom. The average Bonchev–Trinajstić information content (AvgIpc) is 3.13. The zero-order valence-electron chi connectivity index (χ0n) is 35.9. The fraction of sp³-hybridized carbons (Fsp3) is 0.875. The quantitative estimate of drug-likeness (QED) is 0.0363. The standard InChI is InChI=1S/2C24H46O3/c2*1-2-3-4-5-6-7-8-9-10-11-12-13-14-15-16-17-18-19-20-21-23(25)22-24(26)27/h2*9-10,23,25H,2-8,11-22H2,1H3,(H,26,27)/b2*10-9-. The Labute approximate surface area is 335 Å². The Hall–Kier alpha value is -1.66. The van der Waals surface area contributed by atoms with Gasteiger partial charge in [0, 0.05) is 0 Å². The summed E-state index contributed by atoms with van der Waals surface area (Å²) in [6.07, 6.45) is 53.3. The molecule has 0 fully saturated rings. The Morgan fingerprint density at radius 2 is 0.556 bits per heavy atom. The summed E-state index contributed by atoms with van der Waals surface area (Å²) in [7, 11) is 0. The van der Waals surface area contributed by atoms with Crippen LogP contribution in [0.15, 0.2) is 24.3 Å². The van der Waals surface area contributed by atoms with Crippen molar-refractivity contribution >= 4 is 11.9 Å². The molecule has 6 heteroatoms. The van der Waals surface area contributed by atoms with Crippen LogP contribution in [0.5, 0.6) is 0 Å². The highest BCUT2D eigenvalue weighted by Crippen LogP contribution is 2.15. The Balaban J connectivity index is 0. The maximum atomic E-state index is 10.4.